The molecule has 0 saturated carbocycles. The molecule has 1 amide bonds. The lowest BCUT2D eigenvalue weighted by Crippen LogP contribution is -2.43. The minimum atomic E-state index is -0.608. The van der Waals surface area contributed by atoms with Crippen LogP contribution in [0.4, 0.5) is 0 Å². The SMILES string of the molecule is CCSCC(NC(C)=O)C(=O)Oc1ccc(C)cc1. The third-order valence-corrected chi connectivity index (χ3v) is 3.37. The molecule has 4 nitrogen and oxygen atoms in total. The zero-order chi connectivity index (χ0) is 14.3. The predicted octanol–water partition coefficient (Wildman–Crippen LogP) is 2.16. The molecule has 1 unspecified atom stereocenters. The Balaban J connectivity index is 2.64. The number of rotatable bonds is 6. The quantitative estimate of drug-likeness (QED) is 0.641. The number of aryl methyl sites for hydroxylation is 1. The van der Waals surface area contributed by atoms with Gasteiger partial charge in [0.25, 0.3) is 0 Å². The van der Waals surface area contributed by atoms with Crippen molar-refractivity contribution < 1.29 is 14.3 Å². The molecule has 1 atom stereocenters. The minimum Gasteiger partial charge on any atom is -0.425 e. The molecule has 0 aliphatic rings. The van der Waals surface area contributed by atoms with Gasteiger partial charge in [-0.05, 0) is 24.8 Å². The second kappa shape index (κ2) is 7.84. The molecular formula is C14H19NO3S. The van der Waals surface area contributed by atoms with E-state index >= 15 is 0 Å². The Kier molecular flexibility index (Phi) is 6.42. The van der Waals surface area contributed by atoms with Crippen molar-refractivity contribution in [1.82, 2.24) is 5.32 Å². The van der Waals surface area contributed by atoms with Crippen LogP contribution in [0, 0.1) is 6.92 Å². The van der Waals surface area contributed by atoms with Crippen LogP contribution in [0.3, 0.4) is 0 Å². The van der Waals surface area contributed by atoms with Crippen LogP contribution < -0.4 is 10.1 Å². The van der Waals surface area contributed by atoms with Gasteiger partial charge in [-0.1, -0.05) is 24.6 Å². The highest BCUT2D eigenvalue weighted by molar-refractivity contribution is 7.99. The molecule has 5 heteroatoms. The summed E-state index contributed by atoms with van der Waals surface area (Å²) >= 11 is 1.58. The molecule has 104 valence electrons. The van der Waals surface area contributed by atoms with Crippen LogP contribution in [0.15, 0.2) is 24.3 Å². The Labute approximate surface area is 117 Å². The van der Waals surface area contributed by atoms with E-state index in [1.54, 1.807) is 23.9 Å². The summed E-state index contributed by atoms with van der Waals surface area (Å²) in [6.45, 7) is 5.35. The number of carbonyl (C=O) groups excluding carboxylic acids is 2. The summed E-state index contributed by atoms with van der Waals surface area (Å²) in [6, 6.07) is 6.62. The normalized spacial score (nSPS) is 11.7. The van der Waals surface area contributed by atoms with Crippen molar-refractivity contribution in [3.05, 3.63) is 29.8 Å². The first-order valence-electron chi connectivity index (χ1n) is 6.16. The van der Waals surface area contributed by atoms with E-state index in [0.29, 0.717) is 11.5 Å². The molecule has 0 bridgehead atoms. The maximum atomic E-state index is 12.0. The van der Waals surface area contributed by atoms with Crippen LogP contribution >= 0.6 is 11.8 Å². The molecule has 1 aromatic carbocycles. The van der Waals surface area contributed by atoms with Crippen molar-refractivity contribution in [3.8, 4) is 5.75 Å². The molecule has 0 fully saturated rings. The fourth-order valence-corrected chi connectivity index (χ4v) is 2.13. The molecule has 0 aliphatic carbocycles. The van der Waals surface area contributed by atoms with E-state index in [2.05, 4.69) is 5.32 Å². The summed E-state index contributed by atoms with van der Waals surface area (Å²) in [5.41, 5.74) is 1.10. The van der Waals surface area contributed by atoms with E-state index in [1.165, 1.54) is 6.92 Å². The Hall–Kier alpha value is -1.49. The van der Waals surface area contributed by atoms with Crippen LogP contribution in [0.25, 0.3) is 0 Å². The first kappa shape index (κ1) is 15.6. The molecule has 0 aromatic heterocycles. The molecule has 0 saturated heterocycles. The Bertz CT molecular complexity index is 431. The van der Waals surface area contributed by atoms with Crippen molar-refractivity contribution in [2.24, 2.45) is 0 Å². The number of ether oxygens (including phenoxy) is 1. The van der Waals surface area contributed by atoms with Crippen LogP contribution in [0.2, 0.25) is 0 Å². The second-order valence-corrected chi connectivity index (χ2v) is 5.47. The lowest BCUT2D eigenvalue weighted by Gasteiger charge is -2.16. The Morgan fingerprint density at radius 1 is 1.32 bits per heavy atom. The van der Waals surface area contributed by atoms with Gasteiger partial charge in [0, 0.05) is 12.7 Å². The fourth-order valence-electron chi connectivity index (χ4n) is 1.44. The van der Waals surface area contributed by atoms with Crippen molar-refractivity contribution in [1.29, 1.82) is 0 Å². The standard InChI is InChI=1S/C14H19NO3S/c1-4-19-9-13(15-11(3)16)14(17)18-12-7-5-10(2)6-8-12/h5-8,13H,4,9H2,1-3H3,(H,15,16). The van der Waals surface area contributed by atoms with E-state index in [0.717, 1.165) is 11.3 Å². The lowest BCUT2D eigenvalue weighted by atomic mass is 10.2. The average Bonchev–Trinajstić information content (AvgIpc) is 2.36. The monoisotopic (exact) mass is 281 g/mol. The maximum absolute atomic E-state index is 12.0. The minimum absolute atomic E-state index is 0.234. The number of nitrogens with one attached hydrogen (secondary N) is 1. The summed E-state index contributed by atoms with van der Waals surface area (Å²) in [6.07, 6.45) is 0. The first-order chi connectivity index (χ1) is 9.02. The molecule has 19 heavy (non-hydrogen) atoms. The van der Waals surface area contributed by atoms with E-state index in [1.807, 2.05) is 26.0 Å². The van der Waals surface area contributed by atoms with Gasteiger partial charge >= 0.3 is 5.97 Å². The van der Waals surface area contributed by atoms with Crippen molar-refractivity contribution >= 4 is 23.6 Å². The van der Waals surface area contributed by atoms with Crippen molar-refractivity contribution in [2.75, 3.05) is 11.5 Å². The molecule has 1 N–H and O–H groups in total. The number of esters is 1. The van der Waals surface area contributed by atoms with Gasteiger partial charge < -0.3 is 10.1 Å². The fraction of sp³-hybridized carbons (Fsp3) is 0.429. The van der Waals surface area contributed by atoms with Crippen molar-refractivity contribution in [3.63, 3.8) is 0 Å². The molecule has 0 aliphatic heterocycles. The molecule has 0 spiro atoms. The third kappa shape index (κ3) is 5.79. The summed E-state index contributed by atoms with van der Waals surface area (Å²) in [4.78, 5) is 23.1. The number of hydrogen-bond acceptors (Lipinski definition) is 4. The highest BCUT2D eigenvalue weighted by Gasteiger charge is 2.21. The number of hydrogen-bond donors (Lipinski definition) is 1. The van der Waals surface area contributed by atoms with Gasteiger partial charge in [0.15, 0.2) is 0 Å². The van der Waals surface area contributed by atoms with Gasteiger partial charge in [-0.25, -0.2) is 4.79 Å². The zero-order valence-corrected chi connectivity index (χ0v) is 12.3. The van der Waals surface area contributed by atoms with E-state index < -0.39 is 12.0 Å². The van der Waals surface area contributed by atoms with E-state index in [4.69, 9.17) is 4.74 Å². The number of thioether (sulfide) groups is 1. The van der Waals surface area contributed by atoms with Gasteiger partial charge in [0.2, 0.25) is 5.91 Å². The Morgan fingerprint density at radius 3 is 2.47 bits per heavy atom. The third-order valence-electron chi connectivity index (χ3n) is 2.39. The van der Waals surface area contributed by atoms with Gasteiger partial charge in [0.05, 0.1) is 0 Å². The molecule has 0 radical (unpaired) electrons. The molecule has 0 heterocycles. The number of carbonyl (C=O) groups is 2. The first-order valence-corrected chi connectivity index (χ1v) is 7.31. The largest absolute Gasteiger partial charge is 0.425 e. The predicted molar refractivity (Wildman–Crippen MR) is 77.4 cm³/mol. The second-order valence-electron chi connectivity index (χ2n) is 4.15. The summed E-state index contributed by atoms with van der Waals surface area (Å²) < 4.78 is 5.26. The van der Waals surface area contributed by atoms with Crippen LogP contribution in [-0.4, -0.2) is 29.4 Å². The maximum Gasteiger partial charge on any atom is 0.334 e. The van der Waals surface area contributed by atoms with Crippen LogP contribution in [-0.2, 0) is 9.59 Å². The molecule has 1 rings (SSSR count). The van der Waals surface area contributed by atoms with Crippen molar-refractivity contribution in [2.45, 2.75) is 26.8 Å². The number of amides is 1. The molecule has 1 aromatic rings. The highest BCUT2D eigenvalue weighted by atomic mass is 32.2. The summed E-state index contributed by atoms with van der Waals surface area (Å²) in [5, 5.41) is 2.61. The molecular weight excluding hydrogens is 262 g/mol. The lowest BCUT2D eigenvalue weighted by molar-refractivity contribution is -0.138. The average molecular weight is 281 g/mol. The smallest absolute Gasteiger partial charge is 0.334 e. The summed E-state index contributed by atoms with van der Waals surface area (Å²) in [7, 11) is 0. The van der Waals surface area contributed by atoms with Gasteiger partial charge in [0.1, 0.15) is 11.8 Å². The van der Waals surface area contributed by atoms with Gasteiger partial charge in [-0.2, -0.15) is 11.8 Å². The van der Waals surface area contributed by atoms with Gasteiger partial charge in [-0.15, -0.1) is 0 Å². The van der Waals surface area contributed by atoms with E-state index in [9.17, 15) is 9.59 Å². The Morgan fingerprint density at radius 2 is 1.95 bits per heavy atom. The van der Waals surface area contributed by atoms with Crippen LogP contribution in [0.1, 0.15) is 19.4 Å². The number of benzene rings is 1. The highest BCUT2D eigenvalue weighted by Crippen LogP contribution is 2.13. The van der Waals surface area contributed by atoms with Crippen LogP contribution in [0.5, 0.6) is 5.75 Å². The topological polar surface area (TPSA) is 55.4 Å². The summed E-state index contributed by atoms with van der Waals surface area (Å²) in [5.74, 6) is 1.23. The van der Waals surface area contributed by atoms with E-state index in [-0.39, 0.29) is 5.91 Å². The zero-order valence-electron chi connectivity index (χ0n) is 11.4. The van der Waals surface area contributed by atoms with Gasteiger partial charge in [-0.3, -0.25) is 4.79 Å².